The molecule has 0 aromatic carbocycles. The van der Waals surface area contributed by atoms with Crippen LogP contribution in [0, 0.1) is 23.7 Å². The zero-order chi connectivity index (χ0) is 13.8. The second kappa shape index (κ2) is 7.29. The van der Waals surface area contributed by atoms with E-state index >= 15 is 0 Å². The molecule has 0 bridgehead atoms. The summed E-state index contributed by atoms with van der Waals surface area (Å²) in [6, 6.07) is 0. The van der Waals surface area contributed by atoms with Crippen LogP contribution in [-0.4, -0.2) is 12.7 Å². The van der Waals surface area contributed by atoms with E-state index in [2.05, 4.69) is 6.92 Å². The number of rotatable bonds is 6. The van der Waals surface area contributed by atoms with Crippen LogP contribution in [0.4, 0.5) is 0 Å². The molecule has 3 rings (SSSR count). The van der Waals surface area contributed by atoms with Gasteiger partial charge in [-0.15, -0.1) is 0 Å². The molecule has 0 radical (unpaired) electrons. The smallest absolute Gasteiger partial charge is 0.0575 e. The van der Waals surface area contributed by atoms with Gasteiger partial charge in [-0.3, -0.25) is 0 Å². The van der Waals surface area contributed by atoms with Gasteiger partial charge in [0.15, 0.2) is 0 Å². The van der Waals surface area contributed by atoms with Gasteiger partial charge >= 0.3 is 0 Å². The molecule has 0 unspecified atom stereocenters. The second-order valence-corrected chi connectivity index (χ2v) is 7.88. The summed E-state index contributed by atoms with van der Waals surface area (Å²) in [5, 5.41) is 0. The standard InChI is InChI=1S/C19H34O/c1-2-3-15-6-8-17(9-7-15)18-10-12-19(13-11-18)20-14-16-4-5-16/h15-19H,2-14H2,1H3/t15-,17-,18-,19-. The van der Waals surface area contributed by atoms with Crippen LogP contribution in [0.5, 0.6) is 0 Å². The van der Waals surface area contributed by atoms with Gasteiger partial charge in [-0.1, -0.05) is 32.6 Å². The number of hydrogen-bond acceptors (Lipinski definition) is 1. The number of ether oxygens (including phenoxy) is 1. The molecule has 3 saturated carbocycles. The zero-order valence-corrected chi connectivity index (χ0v) is 13.5. The van der Waals surface area contributed by atoms with Crippen LogP contribution in [0.2, 0.25) is 0 Å². The third-order valence-electron chi connectivity index (χ3n) is 6.24. The summed E-state index contributed by atoms with van der Waals surface area (Å²) in [4.78, 5) is 0. The summed E-state index contributed by atoms with van der Waals surface area (Å²) >= 11 is 0. The van der Waals surface area contributed by atoms with E-state index in [1.54, 1.807) is 0 Å². The molecule has 3 aliphatic carbocycles. The van der Waals surface area contributed by atoms with Crippen LogP contribution in [0.3, 0.4) is 0 Å². The molecule has 116 valence electrons. The van der Waals surface area contributed by atoms with Crippen LogP contribution in [0.1, 0.15) is 84.0 Å². The lowest BCUT2D eigenvalue weighted by atomic mass is 9.70. The topological polar surface area (TPSA) is 9.23 Å². The molecule has 0 spiro atoms. The van der Waals surface area contributed by atoms with Crippen molar-refractivity contribution in [1.29, 1.82) is 0 Å². The van der Waals surface area contributed by atoms with Crippen LogP contribution >= 0.6 is 0 Å². The Labute approximate surface area is 125 Å². The van der Waals surface area contributed by atoms with Gasteiger partial charge < -0.3 is 4.74 Å². The van der Waals surface area contributed by atoms with Gasteiger partial charge in [0.05, 0.1) is 6.10 Å². The van der Waals surface area contributed by atoms with E-state index in [9.17, 15) is 0 Å². The van der Waals surface area contributed by atoms with Crippen molar-refractivity contribution in [3.05, 3.63) is 0 Å². The fourth-order valence-corrected chi connectivity index (χ4v) is 4.64. The maximum absolute atomic E-state index is 6.09. The molecule has 1 nitrogen and oxygen atoms in total. The predicted octanol–water partition coefficient (Wildman–Crippen LogP) is 5.58. The van der Waals surface area contributed by atoms with E-state index in [1.165, 1.54) is 77.0 Å². The van der Waals surface area contributed by atoms with Gasteiger partial charge in [-0.2, -0.15) is 0 Å². The maximum atomic E-state index is 6.09. The van der Waals surface area contributed by atoms with Gasteiger partial charge in [0.25, 0.3) is 0 Å². The molecule has 0 atom stereocenters. The van der Waals surface area contributed by atoms with Gasteiger partial charge in [0.2, 0.25) is 0 Å². The van der Waals surface area contributed by atoms with Crippen molar-refractivity contribution < 1.29 is 4.74 Å². The van der Waals surface area contributed by atoms with Gasteiger partial charge in [-0.25, -0.2) is 0 Å². The van der Waals surface area contributed by atoms with E-state index in [0.29, 0.717) is 6.10 Å². The van der Waals surface area contributed by atoms with Gasteiger partial charge in [0, 0.05) is 6.61 Å². The number of hydrogen-bond donors (Lipinski definition) is 0. The van der Waals surface area contributed by atoms with E-state index in [4.69, 9.17) is 4.74 Å². The molecule has 0 saturated heterocycles. The maximum Gasteiger partial charge on any atom is 0.0575 e. The highest BCUT2D eigenvalue weighted by atomic mass is 16.5. The SMILES string of the molecule is CCC[C@H]1CC[C@H]([C@H]2CC[C@H](OCC3CC3)CC2)CC1. The fourth-order valence-electron chi connectivity index (χ4n) is 4.64. The first-order chi connectivity index (χ1) is 9.85. The van der Waals surface area contributed by atoms with Crippen molar-refractivity contribution in [3.8, 4) is 0 Å². The quantitative estimate of drug-likeness (QED) is 0.616. The van der Waals surface area contributed by atoms with Gasteiger partial charge in [-0.05, 0) is 75.0 Å². The summed E-state index contributed by atoms with van der Waals surface area (Å²) in [6.07, 6.45) is 18.1. The molecule has 20 heavy (non-hydrogen) atoms. The first-order valence-corrected chi connectivity index (χ1v) is 9.46. The second-order valence-electron chi connectivity index (χ2n) is 7.88. The van der Waals surface area contributed by atoms with Crippen molar-refractivity contribution in [2.45, 2.75) is 90.1 Å². The van der Waals surface area contributed by atoms with Gasteiger partial charge in [0.1, 0.15) is 0 Å². The average Bonchev–Trinajstić information content (AvgIpc) is 3.31. The van der Waals surface area contributed by atoms with Crippen molar-refractivity contribution in [3.63, 3.8) is 0 Å². The summed E-state index contributed by atoms with van der Waals surface area (Å²) in [5.74, 6) is 4.10. The average molecular weight is 278 g/mol. The molecule has 3 fully saturated rings. The Morgan fingerprint density at radius 2 is 1.25 bits per heavy atom. The molecule has 0 amide bonds. The highest BCUT2D eigenvalue weighted by Crippen LogP contribution is 2.41. The summed E-state index contributed by atoms with van der Waals surface area (Å²) in [6.45, 7) is 3.41. The van der Waals surface area contributed by atoms with E-state index < -0.39 is 0 Å². The van der Waals surface area contributed by atoms with Crippen molar-refractivity contribution in [1.82, 2.24) is 0 Å². The normalized spacial score (nSPS) is 38.9. The lowest BCUT2D eigenvalue weighted by molar-refractivity contribution is 0.00199. The van der Waals surface area contributed by atoms with Crippen LogP contribution < -0.4 is 0 Å². The molecule has 0 N–H and O–H groups in total. The lowest BCUT2D eigenvalue weighted by Gasteiger charge is -2.37. The molecule has 0 heterocycles. The highest BCUT2D eigenvalue weighted by Gasteiger charge is 2.31. The Kier molecular flexibility index (Phi) is 5.42. The first kappa shape index (κ1) is 14.9. The van der Waals surface area contributed by atoms with Crippen molar-refractivity contribution in [2.75, 3.05) is 6.61 Å². The zero-order valence-electron chi connectivity index (χ0n) is 13.5. The van der Waals surface area contributed by atoms with E-state index in [1.807, 2.05) is 0 Å². The minimum Gasteiger partial charge on any atom is -0.378 e. The van der Waals surface area contributed by atoms with E-state index in [0.717, 1.165) is 30.3 Å². The molecule has 1 heteroatoms. The fraction of sp³-hybridized carbons (Fsp3) is 1.00. The Hall–Kier alpha value is -0.0400. The Balaban J connectivity index is 1.33. The largest absolute Gasteiger partial charge is 0.378 e. The summed E-state index contributed by atoms with van der Waals surface area (Å²) in [5.41, 5.74) is 0. The minimum atomic E-state index is 0.614. The van der Waals surface area contributed by atoms with Crippen LogP contribution in [0.15, 0.2) is 0 Å². The van der Waals surface area contributed by atoms with Crippen LogP contribution in [-0.2, 0) is 4.74 Å². The van der Waals surface area contributed by atoms with Crippen LogP contribution in [0.25, 0.3) is 0 Å². The monoisotopic (exact) mass is 278 g/mol. The summed E-state index contributed by atoms with van der Waals surface area (Å²) < 4.78 is 6.09. The molecule has 0 aromatic heterocycles. The highest BCUT2D eigenvalue weighted by molar-refractivity contribution is 4.83. The summed E-state index contributed by atoms with van der Waals surface area (Å²) in [7, 11) is 0. The van der Waals surface area contributed by atoms with E-state index in [-0.39, 0.29) is 0 Å². The minimum absolute atomic E-state index is 0.614. The third-order valence-corrected chi connectivity index (χ3v) is 6.24. The molecule has 0 aromatic rings. The molecule has 3 aliphatic rings. The third kappa shape index (κ3) is 4.23. The molecular formula is C19H34O. The Morgan fingerprint density at radius 1 is 0.700 bits per heavy atom. The molecule has 0 aliphatic heterocycles. The predicted molar refractivity (Wildman–Crippen MR) is 84.8 cm³/mol. The molecular weight excluding hydrogens is 244 g/mol. The Morgan fingerprint density at radius 3 is 1.80 bits per heavy atom. The van der Waals surface area contributed by atoms with Crippen molar-refractivity contribution >= 4 is 0 Å². The van der Waals surface area contributed by atoms with Crippen molar-refractivity contribution in [2.24, 2.45) is 23.7 Å². The Bertz CT molecular complexity index is 267. The lowest BCUT2D eigenvalue weighted by Crippen LogP contribution is -2.29. The first-order valence-electron chi connectivity index (χ1n) is 9.46.